The van der Waals surface area contributed by atoms with Gasteiger partial charge < -0.3 is 19.8 Å². The first-order valence-corrected chi connectivity index (χ1v) is 9.79. The summed E-state index contributed by atoms with van der Waals surface area (Å²) in [6, 6.07) is 13.4. The minimum absolute atomic E-state index is 0.208. The van der Waals surface area contributed by atoms with Crippen molar-refractivity contribution < 1.29 is 13.9 Å². The topological polar surface area (TPSA) is 81.2 Å². The number of nitrogens with zero attached hydrogens (tertiary/aromatic N) is 2. The van der Waals surface area contributed by atoms with Gasteiger partial charge in [0.2, 0.25) is 0 Å². The highest BCUT2D eigenvalue weighted by molar-refractivity contribution is 5.80. The second kappa shape index (κ2) is 8.61. The van der Waals surface area contributed by atoms with E-state index < -0.39 is 0 Å². The smallest absolute Gasteiger partial charge is 0.254 e. The summed E-state index contributed by atoms with van der Waals surface area (Å²) >= 11 is 0. The molecule has 31 heavy (non-hydrogen) atoms. The molecule has 0 saturated carbocycles. The van der Waals surface area contributed by atoms with Crippen LogP contribution in [-0.4, -0.2) is 29.0 Å². The van der Waals surface area contributed by atoms with E-state index in [9.17, 15) is 9.18 Å². The Hall–Kier alpha value is -3.65. The number of nitrogens with one attached hydrogen (secondary N) is 2. The predicted octanol–water partition coefficient (Wildman–Crippen LogP) is 3.47. The fourth-order valence-electron chi connectivity index (χ4n) is 3.51. The van der Waals surface area contributed by atoms with Crippen molar-refractivity contribution in [1.82, 2.24) is 20.1 Å². The van der Waals surface area contributed by atoms with Crippen LogP contribution in [0.1, 0.15) is 16.8 Å². The number of ether oxygens (including phenoxy) is 2. The predicted molar refractivity (Wildman–Crippen MR) is 116 cm³/mol. The van der Waals surface area contributed by atoms with Crippen LogP contribution in [0.25, 0.3) is 16.7 Å². The molecule has 0 aliphatic heterocycles. The van der Waals surface area contributed by atoms with Crippen LogP contribution in [0.5, 0.6) is 11.5 Å². The number of aryl methyl sites for hydroxylation is 1. The molecule has 0 fully saturated rings. The quantitative estimate of drug-likeness (QED) is 0.477. The van der Waals surface area contributed by atoms with E-state index in [-0.39, 0.29) is 11.4 Å². The van der Waals surface area contributed by atoms with Crippen LogP contribution in [0.2, 0.25) is 0 Å². The highest BCUT2D eigenvalue weighted by Crippen LogP contribution is 2.24. The van der Waals surface area contributed by atoms with Crippen LogP contribution in [0.15, 0.2) is 53.3 Å². The molecule has 0 radical (unpaired) electrons. The molecule has 0 amide bonds. The molecular formula is C23H23FN4O3. The molecule has 8 heteroatoms. The van der Waals surface area contributed by atoms with Crippen LogP contribution >= 0.6 is 0 Å². The normalized spacial score (nSPS) is 11.1. The van der Waals surface area contributed by atoms with Gasteiger partial charge in [0, 0.05) is 29.6 Å². The summed E-state index contributed by atoms with van der Waals surface area (Å²) in [5.74, 6) is 1.15. The largest absolute Gasteiger partial charge is 0.497 e. The van der Waals surface area contributed by atoms with Gasteiger partial charge in [-0.15, -0.1) is 0 Å². The zero-order chi connectivity index (χ0) is 22.0. The Balaban J connectivity index is 1.58. The monoisotopic (exact) mass is 422 g/mol. The minimum atomic E-state index is -0.327. The Bertz CT molecular complexity index is 1280. The molecule has 0 unspecified atom stereocenters. The summed E-state index contributed by atoms with van der Waals surface area (Å²) in [5, 5.41) is 8.64. The van der Waals surface area contributed by atoms with Gasteiger partial charge >= 0.3 is 0 Å². The van der Waals surface area contributed by atoms with Gasteiger partial charge in [-0.1, -0.05) is 0 Å². The number of rotatable bonds is 7. The fraction of sp³-hybridized carbons (Fsp3) is 0.217. The molecular weight excluding hydrogens is 399 g/mol. The van der Waals surface area contributed by atoms with E-state index in [1.54, 1.807) is 31.0 Å². The lowest BCUT2D eigenvalue weighted by atomic mass is 10.1. The Kier molecular flexibility index (Phi) is 5.73. The van der Waals surface area contributed by atoms with Crippen molar-refractivity contribution in [2.45, 2.75) is 20.0 Å². The molecule has 2 N–H and O–H groups in total. The van der Waals surface area contributed by atoms with E-state index in [4.69, 9.17) is 9.47 Å². The van der Waals surface area contributed by atoms with Crippen LogP contribution in [-0.2, 0) is 13.1 Å². The minimum Gasteiger partial charge on any atom is -0.497 e. The maximum atomic E-state index is 13.3. The zero-order valence-electron chi connectivity index (χ0n) is 17.5. The summed E-state index contributed by atoms with van der Waals surface area (Å²) in [6.45, 7) is 2.75. The average molecular weight is 422 g/mol. The Labute approximate surface area is 178 Å². The van der Waals surface area contributed by atoms with E-state index >= 15 is 0 Å². The molecule has 2 heterocycles. The molecule has 0 aliphatic carbocycles. The summed E-state index contributed by atoms with van der Waals surface area (Å²) in [4.78, 5) is 15.6. The lowest BCUT2D eigenvalue weighted by molar-refractivity contribution is 0.397. The van der Waals surface area contributed by atoms with Crippen LogP contribution in [0.4, 0.5) is 4.39 Å². The molecule has 0 bridgehead atoms. The highest BCUT2D eigenvalue weighted by atomic mass is 19.1. The van der Waals surface area contributed by atoms with Gasteiger partial charge in [0.15, 0.2) is 0 Å². The molecule has 0 aliphatic rings. The van der Waals surface area contributed by atoms with E-state index in [2.05, 4.69) is 15.4 Å². The Morgan fingerprint density at radius 2 is 1.77 bits per heavy atom. The standard InChI is InChI=1S/C23H23FN4O3/c1-14-20-11-16(13-25-12-15-10-19(30-2)8-9-21(15)31-3)23(29)26-22(20)28(27-14)18-6-4-17(24)5-7-18/h4-11,25H,12-13H2,1-3H3,(H,26,29). The van der Waals surface area contributed by atoms with Gasteiger partial charge in [-0.2, -0.15) is 5.10 Å². The number of hydrogen-bond donors (Lipinski definition) is 2. The first-order valence-electron chi connectivity index (χ1n) is 9.79. The molecule has 7 nitrogen and oxygen atoms in total. The third kappa shape index (κ3) is 4.15. The van der Waals surface area contributed by atoms with Gasteiger partial charge in [0.05, 0.1) is 25.6 Å². The maximum absolute atomic E-state index is 13.3. The van der Waals surface area contributed by atoms with Gasteiger partial charge in [-0.3, -0.25) is 4.79 Å². The van der Waals surface area contributed by atoms with E-state index in [1.807, 2.05) is 31.2 Å². The summed E-state index contributed by atoms with van der Waals surface area (Å²) in [6.07, 6.45) is 0. The molecule has 0 saturated heterocycles. The van der Waals surface area contributed by atoms with Crippen molar-refractivity contribution in [3.63, 3.8) is 0 Å². The van der Waals surface area contributed by atoms with Crippen molar-refractivity contribution in [3.8, 4) is 17.2 Å². The van der Waals surface area contributed by atoms with E-state index in [1.165, 1.54) is 12.1 Å². The maximum Gasteiger partial charge on any atom is 0.254 e. The third-order valence-corrected chi connectivity index (χ3v) is 5.14. The third-order valence-electron chi connectivity index (χ3n) is 5.14. The lowest BCUT2D eigenvalue weighted by Crippen LogP contribution is -2.21. The van der Waals surface area contributed by atoms with Crippen LogP contribution < -0.4 is 20.3 Å². The van der Waals surface area contributed by atoms with Crippen molar-refractivity contribution >= 4 is 11.0 Å². The molecule has 160 valence electrons. The van der Waals surface area contributed by atoms with Crippen molar-refractivity contribution in [2.24, 2.45) is 0 Å². The molecule has 4 rings (SSSR count). The van der Waals surface area contributed by atoms with Crippen LogP contribution in [0, 0.1) is 12.7 Å². The van der Waals surface area contributed by atoms with Crippen LogP contribution in [0.3, 0.4) is 0 Å². The van der Waals surface area contributed by atoms with Gasteiger partial charge in [0.1, 0.15) is 23.0 Å². The fourth-order valence-corrected chi connectivity index (χ4v) is 3.51. The summed E-state index contributed by atoms with van der Waals surface area (Å²) in [5.41, 5.74) is 3.33. The van der Waals surface area contributed by atoms with E-state index in [0.717, 1.165) is 28.1 Å². The van der Waals surface area contributed by atoms with E-state index in [0.29, 0.717) is 30.0 Å². The second-order valence-electron chi connectivity index (χ2n) is 7.14. The van der Waals surface area contributed by atoms with Gasteiger partial charge in [0.25, 0.3) is 5.56 Å². The first kappa shape index (κ1) is 20.6. The molecule has 4 aromatic rings. The number of hydrogen-bond acceptors (Lipinski definition) is 5. The van der Waals surface area contributed by atoms with Crippen molar-refractivity contribution in [3.05, 3.63) is 81.5 Å². The number of H-pyrrole nitrogens is 1. The second-order valence-corrected chi connectivity index (χ2v) is 7.14. The van der Waals surface area contributed by atoms with Gasteiger partial charge in [-0.25, -0.2) is 9.07 Å². The zero-order valence-corrected chi connectivity index (χ0v) is 17.5. The average Bonchev–Trinajstić information content (AvgIpc) is 3.09. The molecule has 2 aromatic carbocycles. The Morgan fingerprint density at radius 1 is 1.03 bits per heavy atom. The number of pyridine rings is 1. The Morgan fingerprint density at radius 3 is 2.48 bits per heavy atom. The number of aromatic nitrogens is 3. The lowest BCUT2D eigenvalue weighted by Gasteiger charge is -2.11. The first-order chi connectivity index (χ1) is 15.0. The molecule has 2 aromatic heterocycles. The van der Waals surface area contributed by atoms with Crippen molar-refractivity contribution in [2.75, 3.05) is 14.2 Å². The number of halogens is 1. The number of fused-ring (bicyclic) bond motifs is 1. The number of aromatic amines is 1. The SMILES string of the molecule is COc1ccc(OC)c(CNCc2cc3c(C)nn(-c4ccc(F)cc4)c3[nH]c2=O)c1. The summed E-state index contributed by atoms with van der Waals surface area (Å²) < 4.78 is 25.6. The van der Waals surface area contributed by atoms with Crippen molar-refractivity contribution in [1.29, 1.82) is 0 Å². The summed E-state index contributed by atoms with van der Waals surface area (Å²) in [7, 11) is 3.23. The molecule has 0 atom stereocenters. The van der Waals surface area contributed by atoms with Gasteiger partial charge in [-0.05, 0) is 55.5 Å². The molecule has 0 spiro atoms. The highest BCUT2D eigenvalue weighted by Gasteiger charge is 2.13. The number of benzene rings is 2. The number of methoxy groups -OCH3 is 2.